The van der Waals surface area contributed by atoms with Crippen molar-refractivity contribution in [3.63, 3.8) is 0 Å². The molecule has 4 nitrogen and oxygen atoms in total. The van der Waals surface area contributed by atoms with E-state index in [1.165, 1.54) is 32.1 Å². The van der Waals surface area contributed by atoms with Gasteiger partial charge in [0.25, 0.3) is 0 Å². The summed E-state index contributed by atoms with van der Waals surface area (Å²) in [5.74, 6) is 0.894. The number of rotatable bonds is 14. The van der Waals surface area contributed by atoms with Crippen molar-refractivity contribution in [1.29, 1.82) is 0 Å². The first kappa shape index (κ1) is 21.2. The molecule has 0 amide bonds. The van der Waals surface area contributed by atoms with E-state index < -0.39 is 0 Å². The minimum atomic E-state index is -0.0730. The van der Waals surface area contributed by atoms with Gasteiger partial charge in [0.2, 0.25) is 6.33 Å². The summed E-state index contributed by atoms with van der Waals surface area (Å²) >= 11 is 0. The van der Waals surface area contributed by atoms with Crippen LogP contribution in [0.2, 0.25) is 0 Å². The Kier molecular flexibility index (Phi) is 9.70. The molecule has 4 heteroatoms. The Balaban J connectivity index is 2.01. The van der Waals surface area contributed by atoms with Crippen LogP contribution in [0.25, 0.3) is 0 Å². The summed E-state index contributed by atoms with van der Waals surface area (Å²) in [4.78, 5) is 0. The van der Waals surface area contributed by atoms with Crippen molar-refractivity contribution in [2.24, 2.45) is 0 Å². The first-order valence-corrected chi connectivity index (χ1v) is 10.3. The quantitative estimate of drug-likeness (QED) is 0.263. The van der Waals surface area contributed by atoms with Crippen LogP contribution in [0.5, 0.6) is 5.75 Å². The largest absolute Gasteiger partial charge is 0.493 e. The molecule has 0 saturated heterocycles. The summed E-state index contributed by atoms with van der Waals surface area (Å²) in [5.41, 5.74) is 1.08. The zero-order chi connectivity index (χ0) is 19.3. The van der Waals surface area contributed by atoms with Gasteiger partial charge < -0.3 is 9.47 Å². The van der Waals surface area contributed by atoms with Crippen molar-refractivity contribution in [2.45, 2.75) is 65.1 Å². The topological polar surface area (TPSA) is 27.3 Å². The highest BCUT2D eigenvalue weighted by atomic mass is 16.5. The molecule has 0 aliphatic heterocycles. The number of aryl methyl sites for hydroxylation is 1. The Morgan fingerprint density at radius 2 is 1.96 bits per heavy atom. The van der Waals surface area contributed by atoms with Crippen molar-refractivity contribution in [1.82, 2.24) is 4.57 Å². The number of hydrogen-bond donors (Lipinski definition) is 0. The third kappa shape index (κ3) is 7.22. The minimum absolute atomic E-state index is 0.0730. The SMILES string of the molecule is C=CCOC(C[n+]1ccn(CCCCCCC)c1)c1ccccc1OCC. The van der Waals surface area contributed by atoms with E-state index in [1.807, 2.05) is 25.1 Å². The molecule has 1 heterocycles. The van der Waals surface area contributed by atoms with Crippen LogP contribution in [-0.2, 0) is 17.8 Å². The van der Waals surface area contributed by atoms with Crippen molar-refractivity contribution >= 4 is 0 Å². The summed E-state index contributed by atoms with van der Waals surface area (Å²) in [6.07, 6.45) is 14.7. The molecule has 1 aromatic carbocycles. The maximum atomic E-state index is 6.07. The zero-order valence-electron chi connectivity index (χ0n) is 17.0. The fourth-order valence-electron chi connectivity index (χ4n) is 3.23. The molecular formula is C23H35N2O2+. The number of imidazole rings is 1. The standard InChI is InChI=1S/C23H35N2O2/c1-4-7-8-9-12-15-24-16-17-25(20-24)19-23(27-18-5-2)21-13-10-11-14-22(21)26-6-3/h5,10-11,13-14,16-17,20,23H,2,4,6-9,12,15,18-19H2,1,3H3/q+1. The lowest BCUT2D eigenvalue weighted by Crippen LogP contribution is -2.35. The van der Waals surface area contributed by atoms with Gasteiger partial charge in [-0.15, -0.1) is 6.58 Å². The number of ether oxygens (including phenoxy) is 2. The average molecular weight is 372 g/mol. The predicted octanol–water partition coefficient (Wildman–Crippen LogP) is 5.09. The van der Waals surface area contributed by atoms with E-state index in [1.54, 1.807) is 6.08 Å². The van der Waals surface area contributed by atoms with E-state index in [-0.39, 0.29) is 6.10 Å². The van der Waals surface area contributed by atoms with Gasteiger partial charge in [-0.3, -0.25) is 0 Å². The van der Waals surface area contributed by atoms with Gasteiger partial charge in [-0.2, -0.15) is 0 Å². The van der Waals surface area contributed by atoms with E-state index in [9.17, 15) is 0 Å². The van der Waals surface area contributed by atoms with E-state index >= 15 is 0 Å². The normalized spacial score (nSPS) is 12.1. The second kappa shape index (κ2) is 12.3. The molecule has 1 atom stereocenters. The summed E-state index contributed by atoms with van der Waals surface area (Å²) in [6, 6.07) is 8.13. The van der Waals surface area contributed by atoms with E-state index in [0.29, 0.717) is 13.2 Å². The lowest BCUT2D eigenvalue weighted by Gasteiger charge is -2.19. The van der Waals surface area contributed by atoms with Crippen molar-refractivity contribution in [2.75, 3.05) is 13.2 Å². The van der Waals surface area contributed by atoms with Crippen LogP contribution in [0.3, 0.4) is 0 Å². The molecule has 0 bridgehead atoms. The van der Waals surface area contributed by atoms with Crippen molar-refractivity contribution in [3.05, 3.63) is 61.2 Å². The Morgan fingerprint density at radius 1 is 1.15 bits per heavy atom. The van der Waals surface area contributed by atoms with Crippen LogP contribution < -0.4 is 9.30 Å². The lowest BCUT2D eigenvalue weighted by atomic mass is 10.1. The number of benzene rings is 1. The van der Waals surface area contributed by atoms with Crippen LogP contribution in [0.1, 0.15) is 57.6 Å². The molecule has 1 aromatic heterocycles. The Hall–Kier alpha value is -2.07. The molecule has 148 valence electrons. The predicted molar refractivity (Wildman–Crippen MR) is 110 cm³/mol. The molecule has 0 saturated carbocycles. The summed E-state index contributed by atoms with van der Waals surface area (Å²) in [5, 5.41) is 0. The fraction of sp³-hybridized carbons (Fsp3) is 0.522. The van der Waals surface area contributed by atoms with Crippen LogP contribution >= 0.6 is 0 Å². The van der Waals surface area contributed by atoms with E-state index in [4.69, 9.17) is 9.47 Å². The summed E-state index contributed by atoms with van der Waals surface area (Å²) in [7, 11) is 0. The third-order valence-electron chi connectivity index (χ3n) is 4.62. The molecule has 0 fully saturated rings. The van der Waals surface area contributed by atoms with Crippen LogP contribution in [-0.4, -0.2) is 17.8 Å². The number of nitrogens with zero attached hydrogens (tertiary/aromatic N) is 2. The summed E-state index contributed by atoms with van der Waals surface area (Å²) < 4.78 is 16.3. The van der Waals surface area contributed by atoms with Gasteiger partial charge in [0.15, 0.2) is 0 Å². The fourth-order valence-corrected chi connectivity index (χ4v) is 3.23. The van der Waals surface area contributed by atoms with E-state index in [2.05, 4.69) is 47.4 Å². The maximum Gasteiger partial charge on any atom is 0.243 e. The molecule has 0 spiro atoms. The smallest absolute Gasteiger partial charge is 0.243 e. The average Bonchev–Trinajstić information content (AvgIpc) is 3.13. The molecule has 1 unspecified atom stereocenters. The molecule has 0 radical (unpaired) electrons. The van der Waals surface area contributed by atoms with Crippen molar-refractivity contribution in [3.8, 4) is 5.75 Å². The second-order valence-corrected chi connectivity index (χ2v) is 6.84. The molecule has 27 heavy (non-hydrogen) atoms. The molecule has 2 rings (SSSR count). The van der Waals surface area contributed by atoms with Gasteiger partial charge in [-0.1, -0.05) is 50.5 Å². The van der Waals surface area contributed by atoms with Crippen molar-refractivity contribution < 1.29 is 14.0 Å². The molecule has 2 aromatic rings. The van der Waals surface area contributed by atoms with Gasteiger partial charge >= 0.3 is 0 Å². The van der Waals surface area contributed by atoms with Gasteiger partial charge in [-0.05, 0) is 25.8 Å². The second-order valence-electron chi connectivity index (χ2n) is 6.84. The van der Waals surface area contributed by atoms with Crippen LogP contribution in [0.15, 0.2) is 55.6 Å². The molecule has 0 aliphatic rings. The lowest BCUT2D eigenvalue weighted by molar-refractivity contribution is -0.704. The molecule has 0 aliphatic carbocycles. The van der Waals surface area contributed by atoms with Gasteiger partial charge in [0, 0.05) is 5.56 Å². The highest BCUT2D eigenvalue weighted by molar-refractivity contribution is 5.35. The number of para-hydroxylation sites is 1. The first-order valence-electron chi connectivity index (χ1n) is 10.3. The van der Waals surface area contributed by atoms with Gasteiger partial charge in [0.05, 0.1) is 19.8 Å². The molecule has 0 N–H and O–H groups in total. The Morgan fingerprint density at radius 3 is 2.74 bits per heavy atom. The number of hydrogen-bond acceptors (Lipinski definition) is 2. The van der Waals surface area contributed by atoms with Gasteiger partial charge in [-0.25, -0.2) is 9.13 Å². The summed E-state index contributed by atoms with van der Waals surface area (Å²) in [6.45, 7) is 11.0. The van der Waals surface area contributed by atoms with Crippen LogP contribution in [0.4, 0.5) is 0 Å². The van der Waals surface area contributed by atoms with Crippen LogP contribution in [0, 0.1) is 0 Å². The minimum Gasteiger partial charge on any atom is -0.493 e. The number of aromatic nitrogens is 2. The Labute approximate surface area is 164 Å². The third-order valence-corrected chi connectivity index (χ3v) is 4.62. The zero-order valence-corrected chi connectivity index (χ0v) is 17.0. The molecular weight excluding hydrogens is 336 g/mol. The first-order chi connectivity index (χ1) is 13.3. The number of unbranched alkanes of at least 4 members (excludes halogenated alkanes) is 4. The maximum absolute atomic E-state index is 6.07. The highest BCUT2D eigenvalue weighted by Crippen LogP contribution is 2.28. The van der Waals surface area contributed by atoms with Gasteiger partial charge in [0.1, 0.15) is 30.8 Å². The Bertz CT molecular complexity index is 666. The highest BCUT2D eigenvalue weighted by Gasteiger charge is 2.20. The van der Waals surface area contributed by atoms with E-state index in [0.717, 1.165) is 24.4 Å². The monoisotopic (exact) mass is 371 g/mol.